The second kappa shape index (κ2) is 40.4. The molecule has 4 rings (SSSR count). The van der Waals surface area contributed by atoms with Crippen LogP contribution in [0.15, 0.2) is 20.0 Å². The summed E-state index contributed by atoms with van der Waals surface area (Å²) >= 11 is 0. The van der Waals surface area contributed by atoms with Crippen molar-refractivity contribution in [2.45, 2.75) is 165 Å². The number of rotatable bonds is 40. The summed E-state index contributed by atoms with van der Waals surface area (Å²) in [5.41, 5.74) is 44.5. The zero-order chi connectivity index (χ0) is 66.8. The Morgan fingerprint density at radius 2 is 0.637 bits per heavy atom. The Balaban J connectivity index is 1.47. The van der Waals surface area contributed by atoms with E-state index in [0.717, 1.165) is 0 Å². The molecule has 35 nitrogen and oxygen atoms in total. The number of nitrogens with two attached hydrogens (primary N) is 8. The molecule has 4 saturated heterocycles. The van der Waals surface area contributed by atoms with Crippen molar-refractivity contribution in [3.8, 4) is 0 Å². The van der Waals surface area contributed by atoms with E-state index in [4.69, 9.17) is 60.1 Å². The molecule has 4 fully saturated rings. The minimum Gasteiger partial charge on any atom is -0.377 e. The highest BCUT2D eigenvalue weighted by molar-refractivity contribution is 5.99. The minimum atomic E-state index is -1.25. The maximum absolute atomic E-state index is 14.9. The number of aliphatic imine (C=N–C) groups is 4. The third kappa shape index (κ3) is 26.6. The fraction of sp³-hybridized carbons (Fsp3) is 0.750. The van der Waals surface area contributed by atoms with Gasteiger partial charge in [0, 0.05) is 79.3 Å². The van der Waals surface area contributed by atoms with Crippen LogP contribution in [0.1, 0.15) is 117 Å². The Morgan fingerprint density at radius 1 is 0.374 bits per heavy atom. The van der Waals surface area contributed by atoms with Crippen molar-refractivity contribution in [1.29, 1.82) is 0 Å². The first-order valence-electron chi connectivity index (χ1n) is 31.4. The zero-order valence-corrected chi connectivity index (χ0v) is 52.7. The Labute approximate surface area is 530 Å². The topological polar surface area (TPSA) is 541 Å². The van der Waals surface area contributed by atoms with Gasteiger partial charge in [-0.25, -0.2) is 0 Å². The van der Waals surface area contributed by atoms with Crippen LogP contribution >= 0.6 is 0 Å². The van der Waals surface area contributed by atoms with Gasteiger partial charge in [0.05, 0.1) is 39.6 Å². The number of hydrogen-bond acceptors (Lipinski definition) is 17. The molecule has 0 spiro atoms. The molecule has 91 heavy (non-hydrogen) atoms. The molecule has 4 aliphatic rings. The molecular formula is C56H100N22O13. The van der Waals surface area contributed by atoms with Gasteiger partial charge in [-0.15, -0.1) is 0 Å². The minimum absolute atomic E-state index is 0.0105. The lowest BCUT2D eigenvalue weighted by Gasteiger charge is -2.33. The Kier molecular flexibility index (Phi) is 33.4. The summed E-state index contributed by atoms with van der Waals surface area (Å²) in [6.45, 7) is 6.24. The van der Waals surface area contributed by atoms with Crippen molar-refractivity contribution in [3.05, 3.63) is 0 Å². The molecular weight excluding hydrogens is 1190 g/mol. The highest BCUT2D eigenvalue weighted by atomic mass is 16.5. The third-order valence-electron chi connectivity index (χ3n) is 15.6. The molecule has 0 saturated carbocycles. The van der Waals surface area contributed by atoms with Crippen molar-refractivity contribution in [1.82, 2.24) is 51.5 Å². The van der Waals surface area contributed by atoms with Crippen molar-refractivity contribution >= 4 is 82.9 Å². The highest BCUT2D eigenvalue weighted by Gasteiger charge is 2.45. The number of carbonyl (C=O) groups excluding carboxylic acids is 10. The molecule has 6 unspecified atom stereocenters. The predicted molar refractivity (Wildman–Crippen MR) is 336 cm³/mol. The van der Waals surface area contributed by atoms with Crippen LogP contribution in [-0.2, 0) is 62.2 Å². The van der Waals surface area contributed by atoms with Gasteiger partial charge in [0.15, 0.2) is 23.8 Å². The Bertz CT molecular complexity index is 2540. The molecule has 0 bridgehead atoms. The van der Waals surface area contributed by atoms with E-state index in [1.807, 2.05) is 0 Å². The number of guanidine groups is 4. The first-order chi connectivity index (χ1) is 43.5. The molecule has 22 N–H and O–H groups in total. The monoisotopic (exact) mass is 1290 g/mol. The van der Waals surface area contributed by atoms with Crippen LogP contribution in [0.2, 0.25) is 0 Å². The van der Waals surface area contributed by atoms with Crippen molar-refractivity contribution in [2.24, 2.45) is 65.8 Å². The van der Waals surface area contributed by atoms with Gasteiger partial charge in [-0.1, -0.05) is 0 Å². The summed E-state index contributed by atoms with van der Waals surface area (Å²) in [4.78, 5) is 160. The fourth-order valence-corrected chi connectivity index (χ4v) is 11.3. The summed E-state index contributed by atoms with van der Waals surface area (Å²) in [5, 5.41) is 16.7. The van der Waals surface area contributed by atoms with Crippen LogP contribution in [0.25, 0.3) is 0 Å². The van der Waals surface area contributed by atoms with Crippen LogP contribution < -0.4 is 77.8 Å². The van der Waals surface area contributed by atoms with Crippen LogP contribution in [0, 0.1) is 0 Å². The Hall–Kier alpha value is -8.34. The maximum Gasteiger partial charge on any atom is 0.245 e. The lowest BCUT2D eigenvalue weighted by Crippen LogP contribution is -2.59. The quantitative estimate of drug-likeness (QED) is 0.0154. The molecule has 512 valence electrons. The van der Waals surface area contributed by atoms with E-state index in [2.05, 4.69) is 51.9 Å². The summed E-state index contributed by atoms with van der Waals surface area (Å²) in [5.74, 6) is -5.78. The van der Waals surface area contributed by atoms with Crippen molar-refractivity contribution in [3.63, 3.8) is 0 Å². The molecule has 4 aliphatic heterocycles. The molecule has 35 heteroatoms. The third-order valence-corrected chi connectivity index (χ3v) is 15.6. The number of nitrogens with one attached hydrogen (secondary N) is 6. The van der Waals surface area contributed by atoms with Crippen LogP contribution in [-0.4, -0.2) is 256 Å². The number of ether oxygens (including phenoxy) is 3. The Morgan fingerprint density at radius 3 is 0.912 bits per heavy atom. The van der Waals surface area contributed by atoms with Crippen LogP contribution in [0.4, 0.5) is 0 Å². The van der Waals surface area contributed by atoms with Gasteiger partial charge in [-0.2, -0.15) is 0 Å². The molecule has 8 atom stereocenters. The van der Waals surface area contributed by atoms with Gasteiger partial charge in [0.2, 0.25) is 59.1 Å². The number of nitrogens with zero attached hydrogens (tertiary/aromatic N) is 8. The summed E-state index contributed by atoms with van der Waals surface area (Å²) < 4.78 is 16.5. The predicted octanol–water partition coefficient (Wildman–Crippen LogP) is -6.57. The SMILES string of the molecule is CC(=O)NCCOCCOCCOCCNC(=O)[C@H]1CCCN1C(=O)C(CCCN=C(N)N)NC(=O)C1CCCN1C(=O)C(CCCN=C(N)N)NC(=O)[C@H]1CCCN1C(=O)C(CCCN=C(N)N)NC(=O)C1CCCN1C(=O)C(CCCN=C(N)N)NC(C)=O. The van der Waals surface area contributed by atoms with E-state index in [9.17, 15) is 47.9 Å². The molecule has 0 aromatic carbocycles. The van der Waals surface area contributed by atoms with E-state index in [0.29, 0.717) is 71.5 Å². The number of carbonyl (C=O) groups is 10. The first kappa shape index (κ1) is 75.1. The van der Waals surface area contributed by atoms with Gasteiger partial charge in [0.25, 0.3) is 0 Å². The van der Waals surface area contributed by atoms with Crippen molar-refractivity contribution < 1.29 is 62.2 Å². The smallest absolute Gasteiger partial charge is 0.245 e. The number of likely N-dealkylation sites (tertiary alicyclic amines) is 4. The molecule has 0 aromatic rings. The lowest BCUT2D eigenvalue weighted by atomic mass is 10.0. The van der Waals surface area contributed by atoms with Crippen molar-refractivity contribution in [2.75, 3.05) is 105 Å². The standard InChI is InChI=1S/C56H100N22O13/c1-35(79)65-23-29-89-31-33-91-34-32-90-30-24-66-45(81)41-15-7-25-75(41)50(86)38(12-4-20-68-54(59)60)72-47(83)43-17-9-27-77(43)52(88)40(14-6-22-70-56(63)64)74-48(84)44-18-10-28-78(44)51(87)39(13-5-21-69-55(61)62)73-46(82)42-16-8-26-76(42)49(85)37(71-36(2)80)11-3-19-67-53(57)58/h37-44H,3-34H2,1-2H3,(H,65,79)(H,66,81)(H,71,80)(H,72,83)(H,73,82)(H,74,84)(H4,57,58,67)(H4,59,60,68)(H4,61,62,69)(H4,63,64,70)/t37?,38?,39?,40?,41-,42?,43?,44-/m1/s1. The molecule has 0 aliphatic carbocycles. The van der Waals surface area contributed by atoms with E-state index < -0.39 is 101 Å². The van der Waals surface area contributed by atoms with E-state index in [1.54, 1.807) is 0 Å². The average Bonchev–Trinajstić information content (AvgIpc) is 1.98. The van der Waals surface area contributed by atoms with Gasteiger partial charge < -0.3 is 112 Å². The second-order valence-electron chi connectivity index (χ2n) is 22.6. The van der Waals surface area contributed by atoms with Crippen LogP contribution in [0.5, 0.6) is 0 Å². The largest absolute Gasteiger partial charge is 0.377 e. The second-order valence-corrected chi connectivity index (χ2v) is 22.6. The van der Waals surface area contributed by atoms with Gasteiger partial charge in [-0.3, -0.25) is 67.9 Å². The lowest BCUT2D eigenvalue weighted by molar-refractivity contribution is -0.146. The van der Waals surface area contributed by atoms with E-state index >= 15 is 0 Å². The van der Waals surface area contributed by atoms with E-state index in [-0.39, 0.29) is 166 Å². The molecule has 0 radical (unpaired) electrons. The fourth-order valence-electron chi connectivity index (χ4n) is 11.3. The zero-order valence-electron chi connectivity index (χ0n) is 52.7. The maximum atomic E-state index is 14.9. The normalized spacial score (nSPS) is 19.0. The van der Waals surface area contributed by atoms with Gasteiger partial charge in [-0.05, 0) is 103 Å². The van der Waals surface area contributed by atoms with Crippen LogP contribution in [0.3, 0.4) is 0 Å². The molecule has 0 aromatic heterocycles. The van der Waals surface area contributed by atoms with Gasteiger partial charge >= 0.3 is 0 Å². The summed E-state index contributed by atoms with van der Waals surface area (Å²) in [7, 11) is 0. The molecule has 10 amide bonds. The molecule has 4 heterocycles. The number of hydrogen-bond donors (Lipinski definition) is 14. The first-order valence-corrected chi connectivity index (χ1v) is 31.4. The average molecular weight is 1290 g/mol. The van der Waals surface area contributed by atoms with E-state index in [1.165, 1.54) is 33.4 Å². The summed E-state index contributed by atoms with van der Waals surface area (Å²) in [6.07, 6.45) is 4.15. The summed E-state index contributed by atoms with van der Waals surface area (Å²) in [6, 6.07) is -8.64. The highest BCUT2D eigenvalue weighted by Crippen LogP contribution is 2.26. The number of amides is 10. The van der Waals surface area contributed by atoms with Gasteiger partial charge in [0.1, 0.15) is 48.3 Å².